The number of benzene rings is 1. The van der Waals surface area contributed by atoms with Gasteiger partial charge in [-0.25, -0.2) is 0 Å². The minimum absolute atomic E-state index is 0.107. The van der Waals surface area contributed by atoms with E-state index in [1.165, 1.54) is 0 Å². The predicted molar refractivity (Wildman–Crippen MR) is 87.0 cm³/mol. The van der Waals surface area contributed by atoms with E-state index in [4.69, 9.17) is 0 Å². The van der Waals surface area contributed by atoms with Crippen molar-refractivity contribution in [2.45, 2.75) is 32.5 Å². The van der Waals surface area contributed by atoms with E-state index in [0.29, 0.717) is 11.3 Å². The first kappa shape index (κ1) is 18.4. The van der Waals surface area contributed by atoms with Gasteiger partial charge in [0.05, 0.1) is 0 Å². The maximum Gasteiger partial charge on any atom is 0.408 e. The van der Waals surface area contributed by atoms with Crippen molar-refractivity contribution in [3.63, 3.8) is 0 Å². The van der Waals surface area contributed by atoms with Crippen molar-refractivity contribution in [3.8, 4) is 0 Å². The summed E-state index contributed by atoms with van der Waals surface area (Å²) in [5.41, 5.74) is 1.21. The molecular formula is C16H17F3N2O2S. The summed E-state index contributed by atoms with van der Waals surface area (Å²) >= 11 is 1.08. The molecule has 1 unspecified atom stereocenters. The number of alkyl halides is 3. The molecule has 0 bridgehead atoms. The van der Waals surface area contributed by atoms with Crippen LogP contribution >= 0.6 is 11.9 Å². The highest BCUT2D eigenvalue weighted by Gasteiger charge is 2.45. The topological polar surface area (TPSA) is 58.2 Å². The van der Waals surface area contributed by atoms with Crippen molar-refractivity contribution in [1.29, 1.82) is 0 Å². The van der Waals surface area contributed by atoms with E-state index in [-0.39, 0.29) is 11.1 Å². The lowest BCUT2D eigenvalue weighted by atomic mass is 9.89. The van der Waals surface area contributed by atoms with Gasteiger partial charge in [0.15, 0.2) is 0 Å². The number of hydrogen-bond acceptors (Lipinski definition) is 3. The molecule has 1 atom stereocenters. The molecule has 0 aromatic heterocycles. The monoisotopic (exact) mass is 358 g/mol. The number of nitrogens with one attached hydrogen (secondary N) is 2. The Morgan fingerprint density at radius 1 is 1.33 bits per heavy atom. The maximum atomic E-state index is 13.1. The number of halogens is 3. The minimum Gasteiger partial charge on any atom is -0.340 e. The number of hydrogen-bond donors (Lipinski definition) is 2. The third-order valence-electron chi connectivity index (χ3n) is 3.57. The van der Waals surface area contributed by atoms with Crippen LogP contribution in [0.2, 0.25) is 0 Å². The molecule has 24 heavy (non-hydrogen) atoms. The van der Waals surface area contributed by atoms with Gasteiger partial charge in [-0.1, -0.05) is 48.7 Å². The molecule has 0 saturated carbocycles. The lowest BCUT2D eigenvalue weighted by Crippen LogP contribution is -2.50. The molecule has 0 radical (unpaired) electrons. The van der Waals surface area contributed by atoms with E-state index in [2.05, 4.69) is 4.72 Å². The second-order valence-electron chi connectivity index (χ2n) is 5.36. The molecule has 0 fully saturated rings. The Bertz CT molecular complexity index is 669. The Kier molecular flexibility index (Phi) is 5.58. The number of carbonyl (C=O) groups is 2. The van der Waals surface area contributed by atoms with Crippen LogP contribution in [0, 0.1) is 6.92 Å². The van der Waals surface area contributed by atoms with Gasteiger partial charge < -0.3 is 5.32 Å². The molecule has 1 aromatic carbocycles. The third-order valence-corrected chi connectivity index (χ3v) is 4.19. The van der Waals surface area contributed by atoms with Gasteiger partial charge in [0.1, 0.15) is 11.6 Å². The Morgan fingerprint density at radius 3 is 2.50 bits per heavy atom. The average Bonchev–Trinajstić information content (AvgIpc) is 2.51. The lowest BCUT2D eigenvalue weighted by Gasteiger charge is -2.29. The van der Waals surface area contributed by atoms with E-state index in [1.54, 1.807) is 31.2 Å². The second kappa shape index (κ2) is 7.29. The van der Waals surface area contributed by atoms with Crippen LogP contribution in [-0.2, 0) is 9.59 Å². The molecule has 2 amide bonds. The van der Waals surface area contributed by atoms with Crippen molar-refractivity contribution in [2.75, 3.05) is 5.75 Å². The van der Waals surface area contributed by atoms with E-state index >= 15 is 0 Å². The molecule has 2 rings (SSSR count). The van der Waals surface area contributed by atoms with Crippen molar-refractivity contribution in [2.24, 2.45) is 0 Å². The van der Waals surface area contributed by atoms with Crippen molar-refractivity contribution in [1.82, 2.24) is 10.0 Å². The first-order valence-corrected chi connectivity index (χ1v) is 8.32. The van der Waals surface area contributed by atoms with Gasteiger partial charge >= 0.3 is 6.18 Å². The normalized spacial score (nSPS) is 18.4. The SMILES string of the molecule is CCSNC(=O)C1=C(c2ccc(C)cc2)CC(C(F)(F)F)NC1=O. The fraction of sp³-hybridized carbons (Fsp3) is 0.375. The molecule has 1 aliphatic rings. The quantitative estimate of drug-likeness (QED) is 0.643. The van der Waals surface area contributed by atoms with Crippen LogP contribution in [0.5, 0.6) is 0 Å². The van der Waals surface area contributed by atoms with E-state index in [0.717, 1.165) is 17.5 Å². The Balaban J connectivity index is 2.49. The molecule has 2 N–H and O–H groups in total. The highest BCUT2D eigenvalue weighted by Crippen LogP contribution is 2.34. The van der Waals surface area contributed by atoms with E-state index in [1.807, 2.05) is 12.2 Å². The first-order chi connectivity index (χ1) is 11.2. The Hall–Kier alpha value is -1.96. The van der Waals surface area contributed by atoms with Crippen LogP contribution < -0.4 is 10.0 Å². The van der Waals surface area contributed by atoms with Crippen LogP contribution in [0.25, 0.3) is 5.57 Å². The minimum atomic E-state index is -4.58. The van der Waals surface area contributed by atoms with Gasteiger partial charge in [0.2, 0.25) is 0 Å². The molecule has 1 aliphatic heterocycles. The molecule has 0 aliphatic carbocycles. The largest absolute Gasteiger partial charge is 0.408 e. The fourth-order valence-corrected chi connectivity index (χ4v) is 2.75. The second-order valence-corrected chi connectivity index (χ2v) is 6.43. The van der Waals surface area contributed by atoms with Gasteiger partial charge in [-0.2, -0.15) is 13.2 Å². The number of rotatable bonds is 4. The molecule has 4 nitrogen and oxygen atoms in total. The summed E-state index contributed by atoms with van der Waals surface area (Å²) in [6, 6.07) is 4.70. The van der Waals surface area contributed by atoms with Crippen LogP contribution in [-0.4, -0.2) is 29.8 Å². The predicted octanol–water partition coefficient (Wildman–Crippen LogP) is 2.98. The zero-order valence-corrected chi connectivity index (χ0v) is 14.0. The summed E-state index contributed by atoms with van der Waals surface area (Å²) in [6.07, 6.45) is -5.05. The summed E-state index contributed by atoms with van der Waals surface area (Å²) in [5, 5.41) is 1.88. The molecule has 0 saturated heterocycles. The van der Waals surface area contributed by atoms with E-state index in [9.17, 15) is 22.8 Å². The lowest BCUT2D eigenvalue weighted by molar-refractivity contribution is -0.160. The van der Waals surface area contributed by atoms with Crippen LogP contribution in [0.3, 0.4) is 0 Å². The highest BCUT2D eigenvalue weighted by molar-refractivity contribution is 7.97. The average molecular weight is 358 g/mol. The fourth-order valence-electron chi connectivity index (χ4n) is 2.37. The van der Waals surface area contributed by atoms with Crippen molar-refractivity contribution in [3.05, 3.63) is 41.0 Å². The van der Waals surface area contributed by atoms with Gasteiger partial charge in [0.25, 0.3) is 11.8 Å². The van der Waals surface area contributed by atoms with Crippen molar-refractivity contribution >= 4 is 29.3 Å². The summed E-state index contributed by atoms with van der Waals surface area (Å²) in [5.74, 6) is -1.12. The molecule has 1 heterocycles. The Labute approximate surface area is 142 Å². The summed E-state index contributed by atoms with van der Waals surface area (Å²) in [4.78, 5) is 24.4. The van der Waals surface area contributed by atoms with Gasteiger partial charge in [-0.15, -0.1) is 0 Å². The Morgan fingerprint density at radius 2 is 1.96 bits per heavy atom. The number of aryl methyl sites for hydroxylation is 1. The maximum absolute atomic E-state index is 13.1. The summed E-state index contributed by atoms with van der Waals surface area (Å²) < 4.78 is 41.6. The molecule has 130 valence electrons. The zero-order valence-electron chi connectivity index (χ0n) is 13.2. The van der Waals surface area contributed by atoms with Gasteiger partial charge in [-0.05, 0) is 18.1 Å². The molecule has 0 spiro atoms. The zero-order chi connectivity index (χ0) is 17.9. The van der Waals surface area contributed by atoms with Gasteiger partial charge in [-0.3, -0.25) is 14.3 Å². The van der Waals surface area contributed by atoms with Crippen molar-refractivity contribution < 1.29 is 22.8 Å². The van der Waals surface area contributed by atoms with E-state index < -0.39 is 30.5 Å². The molecule has 8 heteroatoms. The van der Waals surface area contributed by atoms with Gasteiger partial charge in [0, 0.05) is 12.2 Å². The van der Waals surface area contributed by atoms with Crippen LogP contribution in [0.4, 0.5) is 13.2 Å². The van der Waals surface area contributed by atoms with Crippen LogP contribution in [0.15, 0.2) is 29.8 Å². The standard InChI is InChI=1S/C16H17F3N2O2S/c1-3-24-21-15(23)13-11(10-6-4-9(2)5-7-10)8-12(16(17,18)19)20-14(13)22/h4-7,12H,3,8H2,1-2H3,(H,20,22)(H,21,23). The summed E-state index contributed by atoms with van der Waals surface area (Å²) in [7, 11) is 0. The smallest absolute Gasteiger partial charge is 0.340 e. The first-order valence-electron chi connectivity index (χ1n) is 7.34. The number of amides is 2. The molecular weight excluding hydrogens is 341 g/mol. The van der Waals surface area contributed by atoms with Crippen LogP contribution in [0.1, 0.15) is 24.5 Å². The third kappa shape index (κ3) is 4.11. The number of carbonyl (C=O) groups excluding carboxylic acids is 2. The highest BCUT2D eigenvalue weighted by atomic mass is 32.2. The summed E-state index contributed by atoms with van der Waals surface area (Å²) in [6.45, 7) is 3.65. The molecule has 1 aromatic rings.